The molecule has 212 valence electrons. The van der Waals surface area contributed by atoms with Gasteiger partial charge in [0.2, 0.25) is 10.0 Å². The highest BCUT2D eigenvalue weighted by Crippen LogP contribution is 2.32. The summed E-state index contributed by atoms with van der Waals surface area (Å²) in [6.07, 6.45) is -4.19. The van der Waals surface area contributed by atoms with Crippen LogP contribution in [0.4, 0.5) is 13.2 Å². The van der Waals surface area contributed by atoms with Crippen molar-refractivity contribution in [1.29, 1.82) is 0 Å². The van der Waals surface area contributed by atoms with Crippen LogP contribution in [0.5, 0.6) is 0 Å². The van der Waals surface area contributed by atoms with E-state index in [-0.39, 0.29) is 31.0 Å². The molecule has 0 spiro atoms. The largest absolute Gasteiger partial charge is 0.416 e. The van der Waals surface area contributed by atoms with Crippen LogP contribution in [0.15, 0.2) is 114 Å². The van der Waals surface area contributed by atoms with E-state index >= 15 is 0 Å². The average Bonchev–Trinajstić information content (AvgIpc) is 3.35. The lowest BCUT2D eigenvalue weighted by Crippen LogP contribution is -2.44. The Morgan fingerprint density at radius 2 is 1.32 bits per heavy atom. The van der Waals surface area contributed by atoms with Gasteiger partial charge in [0.1, 0.15) is 12.6 Å². The number of alkyl halides is 3. The van der Waals surface area contributed by atoms with Crippen LogP contribution in [-0.4, -0.2) is 36.3 Å². The summed E-state index contributed by atoms with van der Waals surface area (Å²) >= 11 is 0. The van der Waals surface area contributed by atoms with Crippen molar-refractivity contribution in [2.75, 3.05) is 6.54 Å². The molecule has 5 rings (SSSR count). The first-order valence-corrected chi connectivity index (χ1v) is 14.4. The van der Waals surface area contributed by atoms with Crippen LogP contribution in [0.1, 0.15) is 23.1 Å². The van der Waals surface area contributed by atoms with Gasteiger partial charge in [-0.05, 0) is 52.9 Å². The number of sulfonamides is 1. The van der Waals surface area contributed by atoms with Crippen molar-refractivity contribution in [3.05, 3.63) is 126 Å². The summed E-state index contributed by atoms with van der Waals surface area (Å²) in [5, 5.41) is 1.22. The minimum atomic E-state index is -4.45. The topological polar surface area (TPSA) is 66.9 Å². The molecule has 0 radical (unpaired) electrons. The van der Waals surface area contributed by atoms with Crippen LogP contribution in [0.3, 0.4) is 0 Å². The van der Waals surface area contributed by atoms with E-state index in [9.17, 15) is 26.4 Å². The van der Waals surface area contributed by atoms with Crippen LogP contribution >= 0.6 is 0 Å². The third kappa shape index (κ3) is 6.51. The number of benzene rings is 4. The van der Waals surface area contributed by atoms with Crippen LogP contribution in [0.25, 0.3) is 11.1 Å². The number of carbonyl (C=O) groups is 1. The maximum absolute atomic E-state index is 13.9. The molecule has 1 fully saturated rings. The highest BCUT2D eigenvalue weighted by molar-refractivity contribution is 7.89. The summed E-state index contributed by atoms with van der Waals surface area (Å²) in [4.78, 5) is 19.1. The van der Waals surface area contributed by atoms with Gasteiger partial charge < -0.3 is 0 Å². The standard InChI is InChI=1S/C31H27F3N2O4S/c32-31(33,34)27-15-11-25(12-16-27)26-13-17-28(18-14-26)41(38,39)36(21-23-7-3-1-4-8-23)29-19-20-35(30(29)37)40-22-24-9-5-2-6-10-24/h1-18,29H,19-22H2/t29-/m1/s1. The van der Waals surface area contributed by atoms with Crippen LogP contribution < -0.4 is 0 Å². The minimum Gasteiger partial charge on any atom is -0.271 e. The minimum absolute atomic E-state index is 0.0211. The zero-order valence-electron chi connectivity index (χ0n) is 21.9. The van der Waals surface area contributed by atoms with Crippen molar-refractivity contribution < 1.29 is 31.2 Å². The molecule has 0 unspecified atom stereocenters. The molecule has 1 aliphatic heterocycles. The van der Waals surface area contributed by atoms with Crippen molar-refractivity contribution in [3.63, 3.8) is 0 Å². The summed E-state index contributed by atoms with van der Waals surface area (Å²) < 4.78 is 67.9. The molecule has 1 amide bonds. The van der Waals surface area contributed by atoms with Crippen molar-refractivity contribution >= 4 is 15.9 Å². The molecule has 0 N–H and O–H groups in total. The van der Waals surface area contributed by atoms with E-state index < -0.39 is 33.7 Å². The van der Waals surface area contributed by atoms with E-state index in [2.05, 4.69) is 0 Å². The van der Waals surface area contributed by atoms with Crippen molar-refractivity contribution in [1.82, 2.24) is 9.37 Å². The maximum atomic E-state index is 13.9. The number of hydrogen-bond acceptors (Lipinski definition) is 4. The van der Waals surface area contributed by atoms with Crippen molar-refractivity contribution in [3.8, 4) is 11.1 Å². The quantitative estimate of drug-likeness (QED) is 0.233. The number of halogens is 3. The van der Waals surface area contributed by atoms with E-state index in [1.54, 1.807) is 36.4 Å². The zero-order chi connectivity index (χ0) is 29.0. The molecule has 1 heterocycles. The fourth-order valence-electron chi connectivity index (χ4n) is 4.69. The molecular formula is C31H27F3N2O4S. The van der Waals surface area contributed by atoms with Gasteiger partial charge in [-0.15, -0.1) is 0 Å². The van der Waals surface area contributed by atoms with Crippen LogP contribution in [0, 0.1) is 0 Å². The smallest absolute Gasteiger partial charge is 0.271 e. The molecule has 0 aliphatic carbocycles. The molecule has 4 aromatic rings. The molecule has 1 saturated heterocycles. The average molecular weight is 581 g/mol. The van der Waals surface area contributed by atoms with Gasteiger partial charge in [-0.2, -0.15) is 17.5 Å². The van der Waals surface area contributed by atoms with Crippen molar-refractivity contribution in [2.45, 2.75) is 36.7 Å². The van der Waals surface area contributed by atoms with E-state index in [4.69, 9.17) is 4.84 Å². The Bertz CT molecular complexity index is 1580. The molecule has 41 heavy (non-hydrogen) atoms. The summed E-state index contributed by atoms with van der Waals surface area (Å²) in [6.45, 7) is 0.396. The molecule has 0 aromatic heterocycles. The van der Waals surface area contributed by atoms with Gasteiger partial charge >= 0.3 is 6.18 Å². The number of nitrogens with zero attached hydrogens (tertiary/aromatic N) is 2. The highest BCUT2D eigenvalue weighted by atomic mass is 32.2. The van der Waals surface area contributed by atoms with Gasteiger partial charge in [0.25, 0.3) is 5.91 Å². The Kier molecular flexibility index (Phi) is 8.25. The molecule has 4 aromatic carbocycles. The van der Waals surface area contributed by atoms with Crippen LogP contribution in [0.2, 0.25) is 0 Å². The Morgan fingerprint density at radius 3 is 1.88 bits per heavy atom. The summed E-state index contributed by atoms with van der Waals surface area (Å²) in [7, 11) is -4.15. The lowest BCUT2D eigenvalue weighted by molar-refractivity contribution is -0.184. The predicted molar refractivity (Wildman–Crippen MR) is 147 cm³/mol. The molecule has 1 aliphatic rings. The third-order valence-corrected chi connectivity index (χ3v) is 8.77. The Labute approximate surface area is 236 Å². The number of hydrogen-bond donors (Lipinski definition) is 0. The number of hydroxylamine groups is 2. The van der Waals surface area contributed by atoms with E-state index in [1.807, 2.05) is 36.4 Å². The maximum Gasteiger partial charge on any atom is 0.416 e. The highest BCUT2D eigenvalue weighted by Gasteiger charge is 2.42. The molecule has 0 saturated carbocycles. The molecule has 0 bridgehead atoms. The van der Waals surface area contributed by atoms with Crippen LogP contribution in [-0.2, 0) is 39.0 Å². The summed E-state index contributed by atoms with van der Waals surface area (Å²) in [5.41, 5.74) is 1.91. The summed E-state index contributed by atoms with van der Waals surface area (Å²) in [5.74, 6) is -0.443. The van der Waals surface area contributed by atoms with Gasteiger partial charge in [0.15, 0.2) is 0 Å². The van der Waals surface area contributed by atoms with E-state index in [0.29, 0.717) is 16.7 Å². The van der Waals surface area contributed by atoms with E-state index in [1.165, 1.54) is 33.6 Å². The molecule has 10 heteroatoms. The number of amides is 1. The second kappa shape index (κ2) is 11.9. The second-order valence-corrected chi connectivity index (χ2v) is 11.5. The lowest BCUT2D eigenvalue weighted by atomic mass is 10.0. The van der Waals surface area contributed by atoms with Gasteiger partial charge in [-0.25, -0.2) is 13.5 Å². The third-order valence-electron chi connectivity index (χ3n) is 6.90. The molecule has 1 atom stereocenters. The van der Waals surface area contributed by atoms with E-state index in [0.717, 1.165) is 17.7 Å². The fourth-order valence-corrected chi connectivity index (χ4v) is 6.29. The van der Waals surface area contributed by atoms with Gasteiger partial charge in [0, 0.05) is 6.54 Å². The Hall–Kier alpha value is -3.99. The second-order valence-electron chi connectivity index (χ2n) is 9.64. The normalized spacial score (nSPS) is 16.0. The molecule has 6 nitrogen and oxygen atoms in total. The SMILES string of the molecule is O=C1[C@H](N(Cc2ccccc2)S(=O)(=O)c2ccc(-c3ccc(C(F)(F)F)cc3)cc2)CCN1OCc1ccccc1. The van der Waals surface area contributed by atoms with Gasteiger partial charge in [-0.3, -0.25) is 9.63 Å². The van der Waals surface area contributed by atoms with Gasteiger partial charge in [0.05, 0.1) is 17.0 Å². The fraction of sp³-hybridized carbons (Fsp3) is 0.194. The molecular weight excluding hydrogens is 553 g/mol. The first-order chi connectivity index (χ1) is 19.6. The zero-order valence-corrected chi connectivity index (χ0v) is 22.7. The van der Waals surface area contributed by atoms with Crippen molar-refractivity contribution in [2.24, 2.45) is 0 Å². The Balaban J connectivity index is 1.39. The monoisotopic (exact) mass is 580 g/mol. The first kappa shape index (κ1) is 28.5. The number of rotatable bonds is 9. The summed E-state index contributed by atoms with van der Waals surface area (Å²) in [6, 6.07) is 27.9. The first-order valence-electron chi connectivity index (χ1n) is 12.9. The van der Waals surface area contributed by atoms with Gasteiger partial charge in [-0.1, -0.05) is 84.9 Å². The lowest BCUT2D eigenvalue weighted by Gasteiger charge is -2.27. The predicted octanol–water partition coefficient (Wildman–Crippen LogP) is 6.30. The number of carbonyl (C=O) groups excluding carboxylic acids is 1. The Morgan fingerprint density at radius 1 is 0.780 bits per heavy atom.